The molecule has 0 unspecified atom stereocenters. The summed E-state index contributed by atoms with van der Waals surface area (Å²) in [5, 5.41) is 3.65. The minimum Gasteiger partial charge on any atom is -0.367 e. The molecule has 1 N–H and O–H groups in total. The van der Waals surface area contributed by atoms with E-state index in [2.05, 4.69) is 10.2 Å². The molecule has 1 aromatic carbocycles. The Bertz CT molecular complexity index is 814. The van der Waals surface area contributed by atoms with Gasteiger partial charge in [0.25, 0.3) is 0 Å². The van der Waals surface area contributed by atoms with Crippen LogP contribution in [0.25, 0.3) is 0 Å². The fourth-order valence-corrected chi connectivity index (χ4v) is 5.25. The molecule has 3 aliphatic rings. The summed E-state index contributed by atoms with van der Waals surface area (Å²) in [5.41, 5.74) is 0.766. The molecule has 0 saturated carbocycles. The van der Waals surface area contributed by atoms with Crippen LogP contribution < -0.4 is 10.2 Å². The molecule has 7 heteroatoms. The molecule has 2 amide bonds. The number of rotatable bonds is 2. The van der Waals surface area contributed by atoms with Crippen LogP contribution >= 0.6 is 23.8 Å². The van der Waals surface area contributed by atoms with Gasteiger partial charge in [0.1, 0.15) is 0 Å². The zero-order valence-corrected chi connectivity index (χ0v) is 16.5. The topological polar surface area (TPSA) is 52.7 Å². The summed E-state index contributed by atoms with van der Waals surface area (Å²) in [7, 11) is 0. The average molecular weight is 392 g/mol. The molecule has 1 spiro atoms. The maximum atomic E-state index is 13.7. The molecule has 0 bridgehead atoms. The minimum atomic E-state index is -1.17. The Morgan fingerprint density at radius 3 is 2.92 bits per heavy atom. The van der Waals surface area contributed by atoms with E-state index in [9.17, 15) is 9.59 Å². The molecule has 5 nitrogen and oxygen atoms in total. The lowest BCUT2D eigenvalue weighted by Gasteiger charge is -2.51. The normalized spacial score (nSPS) is 28.9. The third-order valence-electron chi connectivity index (χ3n) is 6.16. The van der Waals surface area contributed by atoms with E-state index in [4.69, 9.17) is 23.8 Å². The maximum Gasteiger partial charge on any atom is 0.247 e. The Hall–Kier alpha value is -1.66. The number of nitrogens with one attached hydrogen (secondary N) is 1. The van der Waals surface area contributed by atoms with E-state index in [-0.39, 0.29) is 29.0 Å². The number of carbonyl (C=O) groups is 2. The van der Waals surface area contributed by atoms with Gasteiger partial charge in [-0.3, -0.25) is 14.5 Å². The molecular formula is C19H22ClN3O2S. The van der Waals surface area contributed by atoms with Crippen LogP contribution in [-0.4, -0.2) is 40.5 Å². The van der Waals surface area contributed by atoms with Gasteiger partial charge in [-0.05, 0) is 56.1 Å². The molecule has 2 saturated heterocycles. The van der Waals surface area contributed by atoms with Gasteiger partial charge in [-0.2, -0.15) is 0 Å². The van der Waals surface area contributed by atoms with Gasteiger partial charge in [0.2, 0.25) is 11.8 Å². The number of nitrogens with zero attached hydrogens (tertiary/aromatic N) is 2. The molecule has 0 aromatic heterocycles. The van der Waals surface area contributed by atoms with Gasteiger partial charge in [-0.25, -0.2) is 0 Å². The fourth-order valence-electron chi connectivity index (χ4n) is 4.66. The molecule has 138 valence electrons. The van der Waals surface area contributed by atoms with Crippen LogP contribution in [0.2, 0.25) is 5.02 Å². The quantitative estimate of drug-likeness (QED) is 0.622. The van der Waals surface area contributed by atoms with Gasteiger partial charge < -0.3 is 10.2 Å². The van der Waals surface area contributed by atoms with Crippen LogP contribution in [0.15, 0.2) is 18.2 Å². The maximum absolute atomic E-state index is 13.7. The number of halogens is 1. The molecule has 0 aliphatic carbocycles. The van der Waals surface area contributed by atoms with E-state index >= 15 is 0 Å². The Morgan fingerprint density at radius 2 is 2.19 bits per heavy atom. The highest BCUT2D eigenvalue weighted by molar-refractivity contribution is 7.80. The second-order valence-corrected chi connectivity index (χ2v) is 8.22. The summed E-state index contributed by atoms with van der Waals surface area (Å²) in [5.74, 6) is -0.461. The van der Waals surface area contributed by atoms with Crippen molar-refractivity contribution in [2.24, 2.45) is 5.41 Å². The Morgan fingerprint density at radius 1 is 1.42 bits per heavy atom. The first kappa shape index (κ1) is 17.7. The lowest BCUT2D eigenvalue weighted by atomic mass is 9.68. The fraction of sp³-hybridized carbons (Fsp3) is 0.526. The van der Waals surface area contributed by atoms with Crippen LogP contribution in [0, 0.1) is 5.41 Å². The first-order valence-corrected chi connectivity index (χ1v) is 9.93. The summed E-state index contributed by atoms with van der Waals surface area (Å²) >= 11 is 11.8. The highest BCUT2D eigenvalue weighted by Crippen LogP contribution is 2.50. The standard InChI is InChI=1S/C19H22ClN3O2S/c1-3-11(2)23-17(25)19(16(24)21-18(23)26)10-12-13(20)6-4-7-14(12)22-9-5-8-15(19)22/h4,6-7,11,15H,3,5,8-10H2,1-2H3,(H,21,24,26)/t11-,15-,19+/m1/s1. The summed E-state index contributed by atoms with van der Waals surface area (Å²) < 4.78 is 0. The van der Waals surface area contributed by atoms with Gasteiger partial charge in [-0.15, -0.1) is 0 Å². The summed E-state index contributed by atoms with van der Waals surface area (Å²) in [6.07, 6.45) is 2.85. The van der Waals surface area contributed by atoms with Crippen LogP contribution in [0.5, 0.6) is 0 Å². The highest BCUT2D eigenvalue weighted by atomic mass is 35.5. The summed E-state index contributed by atoms with van der Waals surface area (Å²) in [4.78, 5) is 30.7. The van der Waals surface area contributed by atoms with Crippen molar-refractivity contribution in [1.29, 1.82) is 0 Å². The SMILES string of the molecule is CC[C@@H](C)N1C(=O)[C@]2(Cc3c(Cl)cccc3N3CCC[C@@H]32)C(=O)NC1=S. The number of fused-ring (bicyclic) bond motifs is 4. The monoisotopic (exact) mass is 391 g/mol. The van der Waals surface area contributed by atoms with Crippen molar-refractivity contribution in [1.82, 2.24) is 10.2 Å². The van der Waals surface area contributed by atoms with Crippen LogP contribution in [-0.2, 0) is 16.0 Å². The third-order valence-corrected chi connectivity index (χ3v) is 6.81. The number of hydrogen-bond donors (Lipinski definition) is 1. The smallest absolute Gasteiger partial charge is 0.247 e. The van der Waals surface area contributed by atoms with E-state index < -0.39 is 5.41 Å². The third kappa shape index (κ3) is 2.24. The molecule has 4 rings (SSSR count). The first-order valence-electron chi connectivity index (χ1n) is 9.15. The Balaban J connectivity index is 1.88. The van der Waals surface area contributed by atoms with Gasteiger partial charge >= 0.3 is 0 Å². The number of benzene rings is 1. The van der Waals surface area contributed by atoms with E-state index in [0.717, 1.165) is 37.1 Å². The summed E-state index contributed by atoms with van der Waals surface area (Å²) in [6, 6.07) is 5.57. The molecule has 1 aromatic rings. The summed E-state index contributed by atoms with van der Waals surface area (Å²) in [6.45, 7) is 4.80. The molecule has 2 fully saturated rings. The Kier molecular flexibility index (Phi) is 4.23. The zero-order chi connectivity index (χ0) is 18.6. The van der Waals surface area contributed by atoms with E-state index in [0.29, 0.717) is 11.4 Å². The zero-order valence-electron chi connectivity index (χ0n) is 14.9. The largest absolute Gasteiger partial charge is 0.367 e. The van der Waals surface area contributed by atoms with Crippen molar-refractivity contribution < 1.29 is 9.59 Å². The lowest BCUT2D eigenvalue weighted by Crippen LogP contribution is -2.72. The van der Waals surface area contributed by atoms with Crippen molar-refractivity contribution in [3.63, 3.8) is 0 Å². The number of hydrogen-bond acceptors (Lipinski definition) is 4. The molecule has 26 heavy (non-hydrogen) atoms. The van der Waals surface area contributed by atoms with Gasteiger partial charge in [0.05, 0.1) is 6.04 Å². The number of carbonyl (C=O) groups excluding carboxylic acids is 2. The van der Waals surface area contributed by atoms with Crippen molar-refractivity contribution >= 4 is 46.4 Å². The van der Waals surface area contributed by atoms with Gasteiger partial charge in [-0.1, -0.05) is 24.6 Å². The number of thiocarbonyl (C=S) groups is 1. The predicted molar refractivity (Wildman–Crippen MR) is 105 cm³/mol. The van der Waals surface area contributed by atoms with Crippen molar-refractivity contribution in [2.45, 2.75) is 51.6 Å². The molecule has 3 heterocycles. The second-order valence-electron chi connectivity index (χ2n) is 7.43. The number of anilines is 1. The predicted octanol–water partition coefficient (Wildman–Crippen LogP) is 2.89. The second kappa shape index (κ2) is 6.20. The first-order chi connectivity index (χ1) is 12.4. The van der Waals surface area contributed by atoms with E-state index in [1.807, 2.05) is 32.0 Å². The van der Waals surface area contributed by atoms with Crippen molar-refractivity contribution in [2.75, 3.05) is 11.4 Å². The molecule has 0 radical (unpaired) electrons. The van der Waals surface area contributed by atoms with Crippen LogP contribution in [0.3, 0.4) is 0 Å². The van der Waals surface area contributed by atoms with Crippen molar-refractivity contribution in [3.05, 3.63) is 28.8 Å². The van der Waals surface area contributed by atoms with Crippen LogP contribution in [0.4, 0.5) is 5.69 Å². The van der Waals surface area contributed by atoms with Crippen molar-refractivity contribution in [3.8, 4) is 0 Å². The Labute approximate surface area is 163 Å². The lowest BCUT2D eigenvalue weighted by molar-refractivity contribution is -0.153. The average Bonchev–Trinajstić information content (AvgIpc) is 3.10. The van der Waals surface area contributed by atoms with E-state index in [1.54, 1.807) is 4.90 Å². The van der Waals surface area contributed by atoms with Gasteiger partial charge in [0.15, 0.2) is 10.5 Å². The number of amides is 2. The molecular weight excluding hydrogens is 370 g/mol. The highest BCUT2D eigenvalue weighted by Gasteiger charge is 2.62. The van der Waals surface area contributed by atoms with Gasteiger partial charge in [0, 0.05) is 29.7 Å². The molecule has 3 atom stereocenters. The van der Waals surface area contributed by atoms with E-state index in [1.165, 1.54) is 0 Å². The molecule has 3 aliphatic heterocycles. The minimum absolute atomic E-state index is 0.0602. The van der Waals surface area contributed by atoms with Crippen LogP contribution in [0.1, 0.15) is 38.7 Å².